The number of halogens is 1. The van der Waals surface area contributed by atoms with Crippen molar-refractivity contribution in [2.75, 3.05) is 25.5 Å². The minimum atomic E-state index is -0.410. The summed E-state index contributed by atoms with van der Waals surface area (Å²) in [4.78, 5) is 26.1. The number of amides is 2. The minimum Gasteiger partial charge on any atom is -0.348 e. The number of nitrogens with one attached hydrogen (secondary N) is 2. The van der Waals surface area contributed by atoms with Gasteiger partial charge in [0.05, 0.1) is 19.1 Å². The Balaban J connectivity index is 1.47. The van der Waals surface area contributed by atoms with E-state index in [4.69, 9.17) is 0 Å². The Hall–Kier alpha value is -2.73. The second-order valence-corrected chi connectivity index (χ2v) is 7.76. The van der Waals surface area contributed by atoms with E-state index in [1.54, 1.807) is 18.0 Å². The fourth-order valence-corrected chi connectivity index (χ4v) is 3.71. The van der Waals surface area contributed by atoms with Gasteiger partial charge in [0.2, 0.25) is 11.8 Å². The molecule has 2 amide bonds. The maximum Gasteiger partial charge on any atom is 0.238 e. The van der Waals surface area contributed by atoms with Crippen LogP contribution in [0.1, 0.15) is 42.5 Å². The molecular weight excluding hydrogens is 369 g/mol. The van der Waals surface area contributed by atoms with Crippen molar-refractivity contribution in [3.63, 3.8) is 0 Å². The summed E-state index contributed by atoms with van der Waals surface area (Å²) in [5, 5.41) is 5.63. The standard InChI is InChI=1S/C23H28FN3O2/c1-16(18-11-10-17-6-3-4-7-19(17)12-18)25-22(28)14-27(2)15-23(29)26-21-9-5-8-20(24)13-21/h5,8-13,16H,3-4,6-7,14-15H2,1-2H3,(H,25,28)(H,26,29)/t16-/m0/s1. The number of benzene rings is 2. The van der Waals surface area contributed by atoms with Crippen LogP contribution in [0.3, 0.4) is 0 Å². The first kappa shape index (κ1) is 21.0. The van der Waals surface area contributed by atoms with Crippen LogP contribution in [-0.4, -0.2) is 36.9 Å². The Labute approximate surface area is 171 Å². The smallest absolute Gasteiger partial charge is 0.238 e. The minimum absolute atomic E-state index is 0.0388. The molecule has 1 atom stereocenters. The highest BCUT2D eigenvalue weighted by molar-refractivity contribution is 5.92. The van der Waals surface area contributed by atoms with E-state index in [9.17, 15) is 14.0 Å². The Morgan fingerprint density at radius 2 is 1.76 bits per heavy atom. The zero-order valence-electron chi connectivity index (χ0n) is 17.0. The molecule has 2 aromatic rings. The molecule has 29 heavy (non-hydrogen) atoms. The summed E-state index contributed by atoms with van der Waals surface area (Å²) in [7, 11) is 1.70. The van der Waals surface area contributed by atoms with Gasteiger partial charge in [0, 0.05) is 5.69 Å². The summed E-state index contributed by atoms with van der Waals surface area (Å²) in [5.41, 5.74) is 4.31. The fourth-order valence-electron chi connectivity index (χ4n) is 3.71. The van der Waals surface area contributed by atoms with Gasteiger partial charge in [-0.2, -0.15) is 0 Å². The van der Waals surface area contributed by atoms with E-state index in [1.165, 1.54) is 42.2 Å². The van der Waals surface area contributed by atoms with Crippen LogP contribution in [0.15, 0.2) is 42.5 Å². The second kappa shape index (κ2) is 9.65. The molecule has 0 saturated carbocycles. The van der Waals surface area contributed by atoms with Gasteiger partial charge in [-0.3, -0.25) is 14.5 Å². The van der Waals surface area contributed by atoms with Crippen LogP contribution >= 0.6 is 0 Å². The molecule has 0 saturated heterocycles. The quantitative estimate of drug-likeness (QED) is 0.752. The summed E-state index contributed by atoms with van der Waals surface area (Å²) in [6.45, 7) is 2.11. The average Bonchev–Trinajstić information content (AvgIpc) is 2.67. The lowest BCUT2D eigenvalue weighted by atomic mass is 9.89. The van der Waals surface area contributed by atoms with E-state index < -0.39 is 5.82 Å². The van der Waals surface area contributed by atoms with Gasteiger partial charge in [-0.1, -0.05) is 24.3 Å². The zero-order chi connectivity index (χ0) is 20.8. The van der Waals surface area contributed by atoms with Crippen LogP contribution in [0.5, 0.6) is 0 Å². The molecule has 3 rings (SSSR count). The summed E-state index contributed by atoms with van der Waals surface area (Å²) in [6.07, 6.45) is 4.71. The summed E-state index contributed by atoms with van der Waals surface area (Å²) >= 11 is 0. The molecule has 0 bridgehead atoms. The van der Waals surface area contributed by atoms with E-state index in [-0.39, 0.29) is 30.9 Å². The van der Waals surface area contributed by atoms with Gasteiger partial charge in [-0.25, -0.2) is 4.39 Å². The second-order valence-electron chi connectivity index (χ2n) is 7.76. The van der Waals surface area contributed by atoms with Gasteiger partial charge >= 0.3 is 0 Å². The number of likely N-dealkylation sites (N-methyl/N-ethyl adjacent to an activating group) is 1. The molecule has 2 aromatic carbocycles. The molecule has 0 unspecified atom stereocenters. The number of aryl methyl sites for hydroxylation is 2. The lowest BCUT2D eigenvalue weighted by molar-refractivity contribution is -0.123. The van der Waals surface area contributed by atoms with Crippen molar-refractivity contribution in [3.8, 4) is 0 Å². The van der Waals surface area contributed by atoms with E-state index in [0.717, 1.165) is 18.4 Å². The van der Waals surface area contributed by atoms with E-state index in [2.05, 4.69) is 28.8 Å². The first-order chi connectivity index (χ1) is 13.9. The Kier molecular flexibility index (Phi) is 6.99. The number of rotatable bonds is 7. The van der Waals surface area contributed by atoms with Gasteiger partial charge in [-0.05, 0) is 74.5 Å². The first-order valence-electron chi connectivity index (χ1n) is 10.1. The van der Waals surface area contributed by atoms with Crippen LogP contribution < -0.4 is 10.6 Å². The van der Waals surface area contributed by atoms with Crippen molar-refractivity contribution < 1.29 is 14.0 Å². The summed E-state index contributed by atoms with van der Waals surface area (Å²) in [6, 6.07) is 12.1. The van der Waals surface area contributed by atoms with Crippen molar-refractivity contribution in [3.05, 3.63) is 65.0 Å². The van der Waals surface area contributed by atoms with Gasteiger partial charge in [0.25, 0.3) is 0 Å². The average molecular weight is 397 g/mol. The zero-order valence-corrected chi connectivity index (χ0v) is 17.0. The summed E-state index contributed by atoms with van der Waals surface area (Å²) < 4.78 is 13.2. The number of anilines is 1. The lowest BCUT2D eigenvalue weighted by Gasteiger charge is -2.21. The number of fused-ring (bicyclic) bond motifs is 1. The van der Waals surface area contributed by atoms with E-state index in [1.807, 2.05) is 6.92 Å². The van der Waals surface area contributed by atoms with Gasteiger partial charge in [0.15, 0.2) is 0 Å². The molecular formula is C23H28FN3O2. The lowest BCUT2D eigenvalue weighted by Crippen LogP contribution is -2.39. The van der Waals surface area contributed by atoms with Crippen molar-refractivity contribution >= 4 is 17.5 Å². The Morgan fingerprint density at radius 1 is 1.03 bits per heavy atom. The molecule has 0 fully saturated rings. The van der Waals surface area contributed by atoms with Crippen molar-refractivity contribution in [1.29, 1.82) is 0 Å². The van der Waals surface area contributed by atoms with Crippen LogP contribution in [0.4, 0.5) is 10.1 Å². The molecule has 0 spiro atoms. The number of hydrogen-bond donors (Lipinski definition) is 2. The van der Waals surface area contributed by atoms with Crippen LogP contribution in [-0.2, 0) is 22.4 Å². The predicted molar refractivity (Wildman–Crippen MR) is 112 cm³/mol. The number of nitrogens with zero attached hydrogens (tertiary/aromatic N) is 1. The number of carbonyl (C=O) groups is 2. The molecule has 6 heteroatoms. The Morgan fingerprint density at radius 3 is 2.52 bits per heavy atom. The fraction of sp³-hybridized carbons (Fsp3) is 0.391. The molecule has 0 heterocycles. The third kappa shape index (κ3) is 6.12. The third-order valence-electron chi connectivity index (χ3n) is 5.19. The molecule has 0 aromatic heterocycles. The highest BCUT2D eigenvalue weighted by atomic mass is 19.1. The molecule has 0 radical (unpaired) electrons. The number of carbonyl (C=O) groups excluding carboxylic acids is 2. The van der Waals surface area contributed by atoms with Crippen molar-refractivity contribution in [2.45, 2.75) is 38.6 Å². The molecule has 1 aliphatic carbocycles. The number of hydrogen-bond acceptors (Lipinski definition) is 3. The van der Waals surface area contributed by atoms with Crippen molar-refractivity contribution in [2.24, 2.45) is 0 Å². The van der Waals surface area contributed by atoms with Crippen LogP contribution in [0.25, 0.3) is 0 Å². The van der Waals surface area contributed by atoms with Gasteiger partial charge < -0.3 is 10.6 Å². The molecule has 2 N–H and O–H groups in total. The molecule has 5 nitrogen and oxygen atoms in total. The maximum atomic E-state index is 13.2. The van der Waals surface area contributed by atoms with E-state index >= 15 is 0 Å². The summed E-state index contributed by atoms with van der Waals surface area (Å²) in [5.74, 6) is -0.850. The van der Waals surface area contributed by atoms with E-state index in [0.29, 0.717) is 5.69 Å². The monoisotopic (exact) mass is 397 g/mol. The molecule has 154 valence electrons. The first-order valence-corrected chi connectivity index (χ1v) is 10.1. The maximum absolute atomic E-state index is 13.2. The molecule has 1 aliphatic rings. The predicted octanol–water partition coefficient (Wildman–Crippen LogP) is 3.45. The Bertz CT molecular complexity index is 884. The highest BCUT2D eigenvalue weighted by Gasteiger charge is 2.16. The highest BCUT2D eigenvalue weighted by Crippen LogP contribution is 2.24. The SMILES string of the molecule is C[C@H](NC(=O)CN(C)CC(=O)Nc1cccc(F)c1)c1ccc2c(c1)CCCC2. The van der Waals surface area contributed by atoms with Gasteiger partial charge in [0.1, 0.15) is 5.82 Å². The molecule has 0 aliphatic heterocycles. The van der Waals surface area contributed by atoms with Gasteiger partial charge in [-0.15, -0.1) is 0 Å². The normalized spacial score (nSPS) is 14.2. The van der Waals surface area contributed by atoms with Crippen molar-refractivity contribution in [1.82, 2.24) is 10.2 Å². The van der Waals surface area contributed by atoms with Crippen LogP contribution in [0, 0.1) is 5.82 Å². The largest absolute Gasteiger partial charge is 0.348 e. The van der Waals surface area contributed by atoms with Crippen LogP contribution in [0.2, 0.25) is 0 Å². The topological polar surface area (TPSA) is 61.4 Å². The third-order valence-corrected chi connectivity index (χ3v) is 5.19.